The summed E-state index contributed by atoms with van der Waals surface area (Å²) < 4.78 is 45.4. The highest BCUT2D eigenvalue weighted by atomic mass is 32.2. The van der Waals surface area contributed by atoms with E-state index < -0.39 is 34.9 Å². The second-order valence-electron chi connectivity index (χ2n) is 7.38. The maximum Gasteiger partial charge on any atom is 0.433 e. The molecule has 3 N–H and O–H groups in total. The summed E-state index contributed by atoms with van der Waals surface area (Å²) in [5.41, 5.74) is 5.02. The number of hydrogen-bond acceptors (Lipinski definition) is 8. The van der Waals surface area contributed by atoms with E-state index in [9.17, 15) is 27.6 Å². The lowest BCUT2D eigenvalue weighted by Gasteiger charge is -2.14. The predicted molar refractivity (Wildman–Crippen MR) is 130 cm³/mol. The molecule has 0 saturated heterocycles. The lowest BCUT2D eigenvalue weighted by molar-refractivity contribution is -0.141. The fourth-order valence-electron chi connectivity index (χ4n) is 3.09. The number of benzene rings is 1. The number of rotatable bonds is 8. The van der Waals surface area contributed by atoms with Crippen LogP contribution < -0.4 is 11.1 Å². The van der Waals surface area contributed by atoms with Crippen molar-refractivity contribution in [3.63, 3.8) is 0 Å². The molecule has 13 heteroatoms. The summed E-state index contributed by atoms with van der Waals surface area (Å²) in [5.74, 6) is -2.18. The molecule has 8 nitrogen and oxygen atoms in total. The molecule has 0 saturated carbocycles. The average molecular weight is 539 g/mol. The Balaban J connectivity index is 1.88. The fraction of sp³-hybridized carbons (Fsp3) is 0.261. The summed E-state index contributed by atoms with van der Waals surface area (Å²) in [5, 5.41) is 1.35. The van der Waals surface area contributed by atoms with Crippen molar-refractivity contribution in [2.24, 2.45) is 5.73 Å². The van der Waals surface area contributed by atoms with Crippen molar-refractivity contribution in [2.75, 3.05) is 11.9 Å². The van der Waals surface area contributed by atoms with E-state index in [1.165, 1.54) is 13.8 Å². The van der Waals surface area contributed by atoms with Crippen LogP contribution in [-0.4, -0.2) is 39.6 Å². The van der Waals surface area contributed by atoms with Crippen molar-refractivity contribution in [2.45, 2.75) is 37.4 Å². The Kier molecular flexibility index (Phi) is 8.35. The molecule has 1 aromatic carbocycles. The Morgan fingerprint density at radius 3 is 2.44 bits per heavy atom. The van der Waals surface area contributed by atoms with E-state index in [2.05, 4.69) is 15.3 Å². The van der Waals surface area contributed by atoms with Gasteiger partial charge in [-0.25, -0.2) is 14.8 Å². The number of nitrogens with zero attached hydrogens (tertiary/aromatic N) is 2. The lowest BCUT2D eigenvalue weighted by Crippen LogP contribution is -2.24. The third kappa shape index (κ3) is 6.21. The first-order valence-electron chi connectivity index (χ1n) is 10.5. The van der Waals surface area contributed by atoms with Gasteiger partial charge >= 0.3 is 12.1 Å². The second kappa shape index (κ2) is 11.1. The number of esters is 1. The Morgan fingerprint density at radius 2 is 1.86 bits per heavy atom. The minimum Gasteiger partial charge on any atom is -0.462 e. The zero-order valence-electron chi connectivity index (χ0n) is 19.3. The minimum atomic E-state index is -4.72. The summed E-state index contributed by atoms with van der Waals surface area (Å²) >= 11 is 1.54. The number of carbonyl (C=O) groups excluding carboxylic acids is 3. The number of ether oxygens (including phenoxy) is 1. The number of carbonyl (C=O) groups is 3. The van der Waals surface area contributed by atoms with Crippen LogP contribution in [0.15, 0.2) is 41.6 Å². The van der Waals surface area contributed by atoms with Gasteiger partial charge in [-0.3, -0.25) is 9.59 Å². The minimum absolute atomic E-state index is 0.0374. The Labute approximate surface area is 212 Å². The molecule has 0 spiro atoms. The molecular formula is C23H21F3N4O4S2. The number of aromatic nitrogens is 2. The summed E-state index contributed by atoms with van der Waals surface area (Å²) in [6.07, 6.45) is -4.72. The van der Waals surface area contributed by atoms with E-state index in [1.807, 2.05) is 0 Å². The Bertz CT molecular complexity index is 1300. The van der Waals surface area contributed by atoms with Gasteiger partial charge in [-0.15, -0.1) is 11.3 Å². The molecule has 0 aliphatic heterocycles. The molecule has 2 aromatic heterocycles. The highest BCUT2D eigenvalue weighted by Gasteiger charge is 2.34. The van der Waals surface area contributed by atoms with E-state index in [1.54, 1.807) is 37.3 Å². The van der Waals surface area contributed by atoms with Crippen LogP contribution in [0.5, 0.6) is 0 Å². The smallest absolute Gasteiger partial charge is 0.433 e. The van der Waals surface area contributed by atoms with E-state index >= 15 is 0 Å². The Hall–Kier alpha value is -3.45. The standard InChI is InChI=1S/C23H21F3N4O4S2/c1-4-34-21(33)17-11(2)16(18(27)31)20(36-17)30-19(32)12(3)35-22-28-14(13-8-6-5-7-9-13)10-15(29-22)23(24,25)26/h5-10,12H,4H2,1-3H3,(H2,27,31)(H,30,32)/t12-/m0/s1. The second-order valence-corrected chi connectivity index (χ2v) is 9.71. The summed E-state index contributed by atoms with van der Waals surface area (Å²) in [6.45, 7) is 4.68. The number of hydrogen-bond donors (Lipinski definition) is 2. The van der Waals surface area contributed by atoms with Crippen LogP contribution in [0.1, 0.15) is 45.1 Å². The number of primary amides is 1. The van der Waals surface area contributed by atoms with Crippen LogP contribution in [0, 0.1) is 6.92 Å². The van der Waals surface area contributed by atoms with Gasteiger partial charge in [-0.1, -0.05) is 42.1 Å². The maximum atomic E-state index is 13.5. The van der Waals surface area contributed by atoms with Crippen LogP contribution in [-0.2, 0) is 15.7 Å². The molecule has 3 rings (SSSR count). The molecule has 190 valence electrons. The number of thioether (sulfide) groups is 1. The van der Waals surface area contributed by atoms with Crippen molar-refractivity contribution in [3.05, 3.63) is 58.1 Å². The molecule has 0 radical (unpaired) electrons. The van der Waals surface area contributed by atoms with Crippen LogP contribution >= 0.6 is 23.1 Å². The molecule has 2 heterocycles. The largest absolute Gasteiger partial charge is 0.462 e. The Morgan fingerprint density at radius 1 is 1.19 bits per heavy atom. The van der Waals surface area contributed by atoms with Crippen LogP contribution in [0.2, 0.25) is 0 Å². The number of halogens is 3. The number of amides is 2. The molecule has 0 aliphatic carbocycles. The quantitative estimate of drug-likeness (QED) is 0.237. The zero-order chi connectivity index (χ0) is 26.6. The van der Waals surface area contributed by atoms with Crippen molar-refractivity contribution >= 4 is 45.9 Å². The monoisotopic (exact) mass is 538 g/mol. The van der Waals surface area contributed by atoms with Gasteiger partial charge in [0.05, 0.1) is 23.1 Å². The van der Waals surface area contributed by atoms with Crippen LogP contribution in [0.3, 0.4) is 0 Å². The first kappa shape index (κ1) is 27.1. The maximum absolute atomic E-state index is 13.5. The molecule has 0 unspecified atom stereocenters. The van der Waals surface area contributed by atoms with E-state index in [-0.39, 0.29) is 38.5 Å². The van der Waals surface area contributed by atoms with E-state index in [0.717, 1.165) is 17.4 Å². The predicted octanol–water partition coefficient (Wildman–Crippen LogP) is 4.93. The van der Waals surface area contributed by atoms with Crippen molar-refractivity contribution in [3.8, 4) is 11.3 Å². The van der Waals surface area contributed by atoms with Gasteiger partial charge in [0.1, 0.15) is 15.6 Å². The molecule has 3 aromatic rings. The first-order valence-corrected chi connectivity index (χ1v) is 12.2. The van der Waals surface area contributed by atoms with Gasteiger partial charge < -0.3 is 15.8 Å². The fourth-order valence-corrected chi connectivity index (χ4v) is 4.99. The number of alkyl halides is 3. The van der Waals surface area contributed by atoms with Gasteiger partial charge in [0.15, 0.2) is 5.16 Å². The zero-order valence-corrected chi connectivity index (χ0v) is 20.9. The summed E-state index contributed by atoms with van der Waals surface area (Å²) in [6, 6.07) is 9.11. The van der Waals surface area contributed by atoms with Crippen LogP contribution in [0.25, 0.3) is 11.3 Å². The number of nitrogens with one attached hydrogen (secondary N) is 1. The molecule has 0 bridgehead atoms. The van der Waals surface area contributed by atoms with Crippen molar-refractivity contribution in [1.82, 2.24) is 9.97 Å². The highest BCUT2D eigenvalue weighted by Crippen LogP contribution is 2.35. The third-order valence-electron chi connectivity index (χ3n) is 4.81. The highest BCUT2D eigenvalue weighted by molar-refractivity contribution is 8.00. The van der Waals surface area contributed by atoms with Gasteiger partial charge in [-0.05, 0) is 32.4 Å². The SMILES string of the molecule is CCOC(=O)c1sc(NC(=O)[C@H](C)Sc2nc(-c3ccccc3)cc(C(F)(F)F)n2)c(C(N)=O)c1C. The third-order valence-corrected chi connectivity index (χ3v) is 6.96. The van der Waals surface area contributed by atoms with Crippen LogP contribution in [0.4, 0.5) is 18.2 Å². The first-order chi connectivity index (χ1) is 16.9. The summed E-state index contributed by atoms with van der Waals surface area (Å²) in [4.78, 5) is 44.9. The normalized spacial score (nSPS) is 12.2. The molecule has 36 heavy (non-hydrogen) atoms. The van der Waals surface area contributed by atoms with Gasteiger partial charge in [0, 0.05) is 5.56 Å². The van der Waals surface area contributed by atoms with Gasteiger partial charge in [0.2, 0.25) is 5.91 Å². The molecular weight excluding hydrogens is 517 g/mol. The van der Waals surface area contributed by atoms with E-state index in [0.29, 0.717) is 17.3 Å². The average Bonchev–Trinajstić information content (AvgIpc) is 3.14. The summed E-state index contributed by atoms with van der Waals surface area (Å²) in [7, 11) is 0. The molecule has 1 atom stereocenters. The number of anilines is 1. The number of nitrogens with two attached hydrogens (primary N) is 1. The van der Waals surface area contributed by atoms with Crippen molar-refractivity contribution < 1.29 is 32.3 Å². The molecule has 0 fully saturated rings. The van der Waals surface area contributed by atoms with Gasteiger partial charge in [0.25, 0.3) is 5.91 Å². The van der Waals surface area contributed by atoms with Crippen molar-refractivity contribution in [1.29, 1.82) is 0 Å². The topological polar surface area (TPSA) is 124 Å². The molecule has 2 amide bonds. The molecule has 0 aliphatic rings. The lowest BCUT2D eigenvalue weighted by atomic mass is 10.1. The number of thiophene rings is 1. The van der Waals surface area contributed by atoms with Gasteiger partial charge in [-0.2, -0.15) is 13.2 Å². The van der Waals surface area contributed by atoms with E-state index in [4.69, 9.17) is 10.5 Å².